The van der Waals surface area contributed by atoms with Crippen LogP contribution in [-0.2, 0) is 16.6 Å². The molecule has 1 aromatic rings. The molecule has 4 nitrogen and oxygen atoms in total. The molecule has 1 saturated carbocycles. The van der Waals surface area contributed by atoms with E-state index in [0.717, 1.165) is 12.8 Å². The Balaban J connectivity index is 2.44. The molecule has 0 amide bonds. The second-order valence-corrected chi connectivity index (χ2v) is 6.55. The number of benzene rings is 1. The van der Waals surface area contributed by atoms with Crippen molar-refractivity contribution >= 4 is 21.6 Å². The highest BCUT2D eigenvalue weighted by molar-refractivity contribution is 7.89. The Morgan fingerprint density at radius 2 is 2.12 bits per heavy atom. The van der Waals surface area contributed by atoms with E-state index in [-0.39, 0.29) is 22.6 Å². The number of rotatable bonds is 4. The Kier molecular flexibility index (Phi) is 3.45. The zero-order chi connectivity index (χ0) is 12.6. The minimum absolute atomic E-state index is 0.0696. The molecule has 1 aliphatic rings. The van der Waals surface area contributed by atoms with Crippen molar-refractivity contribution < 1.29 is 13.5 Å². The van der Waals surface area contributed by atoms with E-state index >= 15 is 0 Å². The number of nitrogens with zero attached hydrogens (tertiary/aromatic N) is 1. The monoisotopic (exact) mass is 275 g/mol. The van der Waals surface area contributed by atoms with E-state index in [1.54, 1.807) is 13.1 Å². The first-order valence-electron chi connectivity index (χ1n) is 5.34. The summed E-state index contributed by atoms with van der Waals surface area (Å²) < 4.78 is 25.9. The SMILES string of the molecule is CN(C1CC1)S(=O)(=O)c1cc(CO)ccc1Cl. The van der Waals surface area contributed by atoms with E-state index in [2.05, 4.69) is 0 Å². The molecular weight excluding hydrogens is 262 g/mol. The number of hydrogen-bond donors (Lipinski definition) is 1. The molecule has 0 atom stereocenters. The second-order valence-electron chi connectivity index (χ2n) is 4.18. The Morgan fingerprint density at radius 1 is 1.47 bits per heavy atom. The molecule has 1 aliphatic carbocycles. The highest BCUT2D eigenvalue weighted by atomic mass is 35.5. The maximum absolute atomic E-state index is 12.3. The van der Waals surface area contributed by atoms with Gasteiger partial charge in [-0.25, -0.2) is 8.42 Å². The highest BCUT2D eigenvalue weighted by Gasteiger charge is 2.36. The van der Waals surface area contributed by atoms with Crippen LogP contribution in [0.25, 0.3) is 0 Å². The zero-order valence-corrected chi connectivity index (χ0v) is 11.0. The van der Waals surface area contributed by atoms with Gasteiger partial charge in [0.2, 0.25) is 10.0 Å². The molecule has 1 N–H and O–H groups in total. The maximum atomic E-state index is 12.3. The van der Waals surface area contributed by atoms with E-state index in [1.807, 2.05) is 0 Å². The highest BCUT2D eigenvalue weighted by Crippen LogP contribution is 2.33. The van der Waals surface area contributed by atoms with Gasteiger partial charge in [0, 0.05) is 13.1 Å². The third-order valence-corrected chi connectivity index (χ3v) is 5.29. The van der Waals surface area contributed by atoms with Gasteiger partial charge in [0.05, 0.1) is 11.6 Å². The first-order valence-corrected chi connectivity index (χ1v) is 7.16. The Hall–Kier alpha value is -0.620. The molecule has 0 heterocycles. The van der Waals surface area contributed by atoms with Crippen molar-refractivity contribution in [1.82, 2.24) is 4.31 Å². The Morgan fingerprint density at radius 3 is 2.65 bits per heavy atom. The van der Waals surface area contributed by atoms with Gasteiger partial charge < -0.3 is 5.11 Å². The van der Waals surface area contributed by atoms with Gasteiger partial charge in [-0.3, -0.25) is 0 Å². The molecule has 6 heteroatoms. The van der Waals surface area contributed by atoms with Crippen LogP contribution in [0.3, 0.4) is 0 Å². The van der Waals surface area contributed by atoms with Crippen LogP contribution in [0.15, 0.2) is 23.1 Å². The summed E-state index contributed by atoms with van der Waals surface area (Å²) in [4.78, 5) is 0.0696. The van der Waals surface area contributed by atoms with Crippen LogP contribution in [0.2, 0.25) is 5.02 Å². The van der Waals surface area contributed by atoms with Crippen molar-refractivity contribution in [2.45, 2.75) is 30.4 Å². The molecule has 0 radical (unpaired) electrons. The molecule has 0 saturated heterocycles. The van der Waals surface area contributed by atoms with Crippen molar-refractivity contribution in [3.8, 4) is 0 Å². The summed E-state index contributed by atoms with van der Waals surface area (Å²) in [5, 5.41) is 9.22. The molecule has 17 heavy (non-hydrogen) atoms. The fourth-order valence-electron chi connectivity index (χ4n) is 1.63. The van der Waals surface area contributed by atoms with Crippen LogP contribution in [0.1, 0.15) is 18.4 Å². The Bertz CT molecular complexity index is 526. The van der Waals surface area contributed by atoms with Gasteiger partial charge in [0.1, 0.15) is 4.90 Å². The fourth-order valence-corrected chi connectivity index (χ4v) is 3.57. The summed E-state index contributed by atoms with van der Waals surface area (Å²) >= 11 is 5.92. The zero-order valence-electron chi connectivity index (χ0n) is 9.43. The van der Waals surface area contributed by atoms with Crippen LogP contribution < -0.4 is 0 Å². The summed E-state index contributed by atoms with van der Waals surface area (Å²) in [6, 6.07) is 4.63. The average Bonchev–Trinajstić information content (AvgIpc) is 3.12. The number of halogens is 1. The number of aliphatic hydroxyl groups is 1. The molecule has 94 valence electrons. The van der Waals surface area contributed by atoms with Gasteiger partial charge in [-0.05, 0) is 30.5 Å². The van der Waals surface area contributed by atoms with Crippen molar-refractivity contribution in [2.24, 2.45) is 0 Å². The van der Waals surface area contributed by atoms with Crippen molar-refractivity contribution in [2.75, 3.05) is 7.05 Å². The quantitative estimate of drug-likeness (QED) is 0.908. The molecule has 0 aliphatic heterocycles. The number of hydrogen-bond acceptors (Lipinski definition) is 3. The lowest BCUT2D eigenvalue weighted by atomic mass is 10.2. The smallest absolute Gasteiger partial charge is 0.244 e. The summed E-state index contributed by atoms with van der Waals surface area (Å²) in [6.07, 6.45) is 1.79. The maximum Gasteiger partial charge on any atom is 0.244 e. The van der Waals surface area contributed by atoms with Gasteiger partial charge >= 0.3 is 0 Å². The van der Waals surface area contributed by atoms with Crippen LogP contribution >= 0.6 is 11.6 Å². The van der Waals surface area contributed by atoms with Crippen molar-refractivity contribution in [3.63, 3.8) is 0 Å². The van der Waals surface area contributed by atoms with E-state index in [4.69, 9.17) is 16.7 Å². The van der Waals surface area contributed by atoms with Gasteiger partial charge in [0.25, 0.3) is 0 Å². The fraction of sp³-hybridized carbons (Fsp3) is 0.455. The van der Waals surface area contributed by atoms with E-state index in [0.29, 0.717) is 5.56 Å². The summed E-state index contributed by atoms with van der Waals surface area (Å²) in [5.41, 5.74) is 0.539. The van der Waals surface area contributed by atoms with Crippen molar-refractivity contribution in [1.29, 1.82) is 0 Å². The second kappa shape index (κ2) is 4.57. The first kappa shape index (κ1) is 12.8. The molecular formula is C11H14ClNO3S. The summed E-state index contributed by atoms with van der Waals surface area (Å²) in [7, 11) is -1.98. The lowest BCUT2D eigenvalue weighted by Gasteiger charge is -2.17. The predicted octanol–water partition coefficient (Wildman–Crippen LogP) is 1.62. The van der Waals surface area contributed by atoms with Crippen LogP contribution in [0.4, 0.5) is 0 Å². The van der Waals surface area contributed by atoms with Crippen LogP contribution in [0, 0.1) is 0 Å². The molecule has 2 rings (SSSR count). The minimum Gasteiger partial charge on any atom is -0.392 e. The molecule has 0 unspecified atom stereocenters. The normalized spacial score (nSPS) is 16.5. The van der Waals surface area contributed by atoms with Crippen molar-refractivity contribution in [3.05, 3.63) is 28.8 Å². The summed E-state index contributed by atoms with van der Waals surface area (Å²) in [6.45, 7) is -0.202. The molecule has 0 bridgehead atoms. The standard InChI is InChI=1S/C11H14ClNO3S/c1-13(9-3-4-9)17(15,16)11-6-8(7-14)2-5-10(11)12/h2,5-6,9,14H,3-4,7H2,1H3. The molecule has 0 spiro atoms. The van der Waals surface area contributed by atoms with Crippen LogP contribution in [0.5, 0.6) is 0 Å². The topological polar surface area (TPSA) is 57.6 Å². The lowest BCUT2D eigenvalue weighted by Crippen LogP contribution is -2.29. The third-order valence-electron chi connectivity index (χ3n) is 2.90. The van der Waals surface area contributed by atoms with Gasteiger partial charge in [-0.1, -0.05) is 17.7 Å². The molecule has 1 fully saturated rings. The van der Waals surface area contributed by atoms with Crippen LogP contribution in [-0.4, -0.2) is 30.9 Å². The number of sulfonamides is 1. The largest absolute Gasteiger partial charge is 0.392 e. The predicted molar refractivity (Wildman–Crippen MR) is 65.3 cm³/mol. The lowest BCUT2D eigenvalue weighted by molar-refractivity contribution is 0.281. The van der Waals surface area contributed by atoms with E-state index < -0.39 is 10.0 Å². The molecule has 1 aromatic carbocycles. The van der Waals surface area contributed by atoms with Gasteiger partial charge in [-0.2, -0.15) is 4.31 Å². The first-order chi connectivity index (χ1) is 7.96. The van der Waals surface area contributed by atoms with E-state index in [1.165, 1.54) is 16.4 Å². The minimum atomic E-state index is -3.55. The third kappa shape index (κ3) is 2.47. The summed E-state index contributed by atoms with van der Waals surface area (Å²) in [5.74, 6) is 0. The number of aliphatic hydroxyl groups excluding tert-OH is 1. The molecule has 0 aromatic heterocycles. The Labute approximate surface area is 106 Å². The van der Waals surface area contributed by atoms with Gasteiger partial charge in [-0.15, -0.1) is 0 Å². The van der Waals surface area contributed by atoms with Gasteiger partial charge in [0.15, 0.2) is 0 Å². The average molecular weight is 276 g/mol. The van der Waals surface area contributed by atoms with E-state index in [9.17, 15) is 8.42 Å².